The molecule has 0 radical (unpaired) electrons. The molecule has 3 saturated heterocycles. The largest absolute Gasteiger partial charge is 0.365 e. The van der Waals surface area contributed by atoms with Crippen molar-refractivity contribution in [3.05, 3.63) is 29.1 Å². The number of carbonyl (C=O) groups excluding carboxylic acids is 3. The van der Waals surface area contributed by atoms with Crippen molar-refractivity contribution in [3.63, 3.8) is 0 Å². The number of benzene rings is 1. The lowest BCUT2D eigenvalue weighted by atomic mass is 9.97. The zero-order valence-corrected chi connectivity index (χ0v) is 15.5. The first kappa shape index (κ1) is 17.8. The third-order valence-electron chi connectivity index (χ3n) is 6.67. The fourth-order valence-corrected chi connectivity index (χ4v) is 5.22. The third-order valence-corrected chi connectivity index (χ3v) is 6.67. The van der Waals surface area contributed by atoms with Gasteiger partial charge in [0.2, 0.25) is 5.78 Å². The Labute approximate surface area is 162 Å². The maximum atomic E-state index is 14.3. The van der Waals surface area contributed by atoms with Crippen LogP contribution >= 0.6 is 0 Å². The number of ketones is 1. The quantitative estimate of drug-likeness (QED) is 0.569. The van der Waals surface area contributed by atoms with E-state index in [1.54, 1.807) is 11.0 Å². The number of anilines is 1. The Morgan fingerprint density at radius 3 is 2.61 bits per heavy atom. The molecule has 28 heavy (non-hydrogen) atoms. The molecule has 4 heterocycles. The summed E-state index contributed by atoms with van der Waals surface area (Å²) in [6.07, 6.45) is 2.57. The van der Waals surface area contributed by atoms with Gasteiger partial charge in [-0.3, -0.25) is 14.4 Å². The molecule has 1 aromatic rings. The monoisotopic (exact) mass is 386 g/mol. The maximum absolute atomic E-state index is 14.3. The van der Waals surface area contributed by atoms with E-state index in [1.165, 1.54) is 6.07 Å². The van der Waals surface area contributed by atoms with Crippen LogP contribution in [0, 0.1) is 5.82 Å². The van der Waals surface area contributed by atoms with Gasteiger partial charge in [0.05, 0.1) is 6.04 Å². The Balaban J connectivity index is 1.38. The molecule has 0 aromatic heterocycles. The average Bonchev–Trinajstić information content (AvgIpc) is 3.42. The lowest BCUT2D eigenvalue weighted by Crippen LogP contribution is -2.52. The summed E-state index contributed by atoms with van der Waals surface area (Å²) < 4.78 is 14.3. The van der Waals surface area contributed by atoms with Crippen molar-refractivity contribution in [2.45, 2.75) is 50.0 Å². The van der Waals surface area contributed by atoms with Crippen LogP contribution in [0.15, 0.2) is 12.1 Å². The molecular formula is C20H23FN4O3. The van der Waals surface area contributed by atoms with Crippen molar-refractivity contribution >= 4 is 23.7 Å². The van der Waals surface area contributed by atoms with Gasteiger partial charge >= 0.3 is 0 Å². The molecule has 5 rings (SSSR count). The van der Waals surface area contributed by atoms with E-state index in [0.717, 1.165) is 30.8 Å². The van der Waals surface area contributed by atoms with Crippen LogP contribution in [0.4, 0.5) is 10.1 Å². The van der Waals surface area contributed by atoms with Gasteiger partial charge in [0, 0.05) is 61.1 Å². The van der Waals surface area contributed by atoms with E-state index in [1.807, 2.05) is 0 Å². The molecule has 2 bridgehead atoms. The van der Waals surface area contributed by atoms with Crippen molar-refractivity contribution in [1.29, 1.82) is 0 Å². The molecule has 4 unspecified atom stereocenters. The number of rotatable bonds is 4. The van der Waals surface area contributed by atoms with Crippen LogP contribution in [0.1, 0.15) is 35.2 Å². The van der Waals surface area contributed by atoms with Gasteiger partial charge < -0.3 is 20.4 Å². The minimum atomic E-state index is -0.463. The predicted octanol–water partition coefficient (Wildman–Crippen LogP) is 0.221. The summed E-state index contributed by atoms with van der Waals surface area (Å²) in [5.41, 5.74) is 2.21. The molecule has 0 spiro atoms. The van der Waals surface area contributed by atoms with Gasteiger partial charge in [0.25, 0.3) is 5.91 Å². The van der Waals surface area contributed by atoms with Gasteiger partial charge in [0.1, 0.15) is 5.82 Å². The molecule has 3 fully saturated rings. The molecular weight excluding hydrogens is 363 g/mol. The summed E-state index contributed by atoms with van der Waals surface area (Å²) in [7, 11) is 0. The minimum absolute atomic E-state index is 0.0665. The highest BCUT2D eigenvalue weighted by molar-refractivity contribution is 6.27. The smallest absolute Gasteiger partial charge is 0.254 e. The number of hydrogen-bond donors (Lipinski definition) is 2. The van der Waals surface area contributed by atoms with Crippen LogP contribution in [0.3, 0.4) is 0 Å². The molecule has 1 aromatic carbocycles. The van der Waals surface area contributed by atoms with Crippen molar-refractivity contribution in [2.24, 2.45) is 0 Å². The molecule has 4 aliphatic rings. The number of hydrogen-bond acceptors (Lipinski definition) is 6. The Kier molecular flexibility index (Phi) is 4.21. The second-order valence-corrected chi connectivity index (χ2v) is 8.24. The molecule has 4 aliphatic heterocycles. The lowest BCUT2D eigenvalue weighted by Gasteiger charge is -2.34. The van der Waals surface area contributed by atoms with E-state index < -0.39 is 11.8 Å². The third kappa shape index (κ3) is 2.74. The van der Waals surface area contributed by atoms with Gasteiger partial charge in [-0.05, 0) is 31.4 Å². The Bertz CT molecular complexity index is 852. The van der Waals surface area contributed by atoms with E-state index in [0.29, 0.717) is 49.9 Å². The van der Waals surface area contributed by atoms with Gasteiger partial charge in [0.15, 0.2) is 6.29 Å². The molecule has 7 nitrogen and oxygen atoms in total. The van der Waals surface area contributed by atoms with E-state index >= 15 is 0 Å². The van der Waals surface area contributed by atoms with Crippen molar-refractivity contribution in [3.8, 4) is 0 Å². The minimum Gasteiger partial charge on any atom is -0.365 e. The number of piperidine rings is 1. The highest BCUT2D eigenvalue weighted by atomic mass is 19.1. The fraction of sp³-hybridized carbons (Fsp3) is 0.550. The number of nitrogens with zero attached hydrogens (tertiary/aromatic N) is 2. The van der Waals surface area contributed by atoms with Crippen LogP contribution in [0.2, 0.25) is 0 Å². The SMILES string of the molecule is O=CC(=O)C1CCC(N2Cc3c(cc(F)cc3N3CC4CC3CN4)C2=O)CN1. The summed E-state index contributed by atoms with van der Waals surface area (Å²) in [5.74, 6) is -0.972. The maximum Gasteiger partial charge on any atom is 0.254 e. The lowest BCUT2D eigenvalue weighted by molar-refractivity contribution is -0.131. The van der Waals surface area contributed by atoms with E-state index in [4.69, 9.17) is 0 Å². The predicted molar refractivity (Wildman–Crippen MR) is 99.7 cm³/mol. The zero-order chi connectivity index (χ0) is 19.4. The molecule has 8 heteroatoms. The summed E-state index contributed by atoms with van der Waals surface area (Å²) in [6.45, 7) is 2.66. The second kappa shape index (κ2) is 6.63. The number of piperazine rings is 1. The fourth-order valence-electron chi connectivity index (χ4n) is 5.22. The van der Waals surface area contributed by atoms with Crippen LogP contribution in [0.5, 0.6) is 0 Å². The highest BCUT2D eigenvalue weighted by Gasteiger charge is 2.42. The van der Waals surface area contributed by atoms with Crippen LogP contribution in [-0.2, 0) is 16.1 Å². The Morgan fingerprint density at radius 1 is 1.14 bits per heavy atom. The van der Waals surface area contributed by atoms with Crippen LogP contribution in [-0.4, -0.2) is 66.7 Å². The molecule has 1 amide bonds. The number of aldehydes is 1. The standard InChI is InChI=1S/C20H23FN4O3/c21-11-3-15-16(18(4-11)24-8-12-5-14(24)7-22-12)9-25(20(15)28)13-1-2-17(23-6-13)19(27)10-26/h3-4,10,12-14,17,22-23H,1-2,5-9H2. The Morgan fingerprint density at radius 2 is 1.96 bits per heavy atom. The first-order valence-electron chi connectivity index (χ1n) is 9.91. The molecule has 0 saturated carbocycles. The van der Waals surface area contributed by atoms with Crippen molar-refractivity contribution in [1.82, 2.24) is 15.5 Å². The van der Waals surface area contributed by atoms with Crippen molar-refractivity contribution < 1.29 is 18.8 Å². The molecule has 2 N–H and O–H groups in total. The average molecular weight is 386 g/mol. The summed E-state index contributed by atoms with van der Waals surface area (Å²) in [4.78, 5) is 39.3. The first-order chi connectivity index (χ1) is 13.5. The van der Waals surface area contributed by atoms with Gasteiger partial charge in [-0.15, -0.1) is 0 Å². The second-order valence-electron chi connectivity index (χ2n) is 8.24. The molecule has 4 atom stereocenters. The number of amides is 1. The van der Waals surface area contributed by atoms with E-state index in [-0.39, 0.29) is 17.8 Å². The van der Waals surface area contributed by atoms with Crippen LogP contribution in [0.25, 0.3) is 0 Å². The van der Waals surface area contributed by atoms with Crippen molar-refractivity contribution in [2.75, 3.05) is 24.5 Å². The Hall–Kier alpha value is -2.32. The van der Waals surface area contributed by atoms with E-state index in [9.17, 15) is 18.8 Å². The van der Waals surface area contributed by atoms with Gasteiger partial charge in [-0.2, -0.15) is 0 Å². The molecule has 0 aliphatic carbocycles. The number of fused-ring (bicyclic) bond motifs is 3. The number of Topliss-reactive ketones (excluding diaryl/α,β-unsaturated/α-hetero) is 1. The topological polar surface area (TPSA) is 81.8 Å². The number of carbonyl (C=O) groups is 3. The summed E-state index contributed by atoms with van der Waals surface area (Å²) in [6, 6.07) is 3.17. The van der Waals surface area contributed by atoms with Crippen LogP contribution < -0.4 is 15.5 Å². The van der Waals surface area contributed by atoms with Gasteiger partial charge in [-0.1, -0.05) is 0 Å². The van der Waals surface area contributed by atoms with E-state index in [2.05, 4.69) is 15.5 Å². The molecule has 148 valence electrons. The summed E-state index contributed by atoms with van der Waals surface area (Å²) in [5, 5.41) is 6.53. The zero-order valence-electron chi connectivity index (χ0n) is 15.5. The number of halogens is 1. The highest BCUT2D eigenvalue weighted by Crippen LogP contribution is 2.38. The first-order valence-corrected chi connectivity index (χ1v) is 9.91. The normalized spacial score (nSPS) is 31.4. The summed E-state index contributed by atoms with van der Waals surface area (Å²) >= 11 is 0. The van der Waals surface area contributed by atoms with Gasteiger partial charge in [-0.25, -0.2) is 4.39 Å². The number of nitrogens with one attached hydrogen (secondary N) is 2.